The third-order valence-corrected chi connectivity index (χ3v) is 4.81. The topological polar surface area (TPSA) is 48.4 Å². The Bertz CT molecular complexity index is 465. The molecule has 3 heterocycles. The van der Waals surface area contributed by atoms with E-state index in [0.717, 1.165) is 24.5 Å². The fourth-order valence-corrected chi connectivity index (χ4v) is 3.74. The highest BCUT2D eigenvalue weighted by molar-refractivity contribution is 5.27. The molecule has 4 nitrogen and oxygen atoms in total. The maximum absolute atomic E-state index is 9.99. The van der Waals surface area contributed by atoms with Gasteiger partial charge in [-0.15, -0.1) is 0 Å². The molecule has 0 aromatic carbocycles. The molecule has 2 atom stereocenters. The third-order valence-electron chi connectivity index (χ3n) is 4.81. The van der Waals surface area contributed by atoms with Crippen molar-refractivity contribution in [2.24, 2.45) is 0 Å². The molecule has 2 fully saturated rings. The van der Waals surface area contributed by atoms with Gasteiger partial charge in [-0.2, -0.15) is 0 Å². The fraction of sp³-hybridized carbons (Fsp3) is 0.688. The van der Waals surface area contributed by atoms with Crippen molar-refractivity contribution < 1.29 is 5.11 Å². The summed E-state index contributed by atoms with van der Waals surface area (Å²) in [5, 5.41) is 13.7. The smallest absolute Gasteiger partial charge is 0.138 e. The summed E-state index contributed by atoms with van der Waals surface area (Å²) in [5.41, 5.74) is 1.79. The van der Waals surface area contributed by atoms with Gasteiger partial charge >= 0.3 is 0 Å². The predicted molar refractivity (Wildman–Crippen MR) is 79.7 cm³/mol. The van der Waals surface area contributed by atoms with Gasteiger partial charge in [0.1, 0.15) is 5.75 Å². The summed E-state index contributed by atoms with van der Waals surface area (Å²) in [7, 11) is 0. The number of aromatic nitrogens is 1. The van der Waals surface area contributed by atoms with Crippen molar-refractivity contribution in [2.45, 2.75) is 64.2 Å². The van der Waals surface area contributed by atoms with Crippen molar-refractivity contribution >= 4 is 0 Å². The van der Waals surface area contributed by atoms with Crippen molar-refractivity contribution in [1.29, 1.82) is 0 Å². The summed E-state index contributed by atoms with van der Waals surface area (Å²) in [6, 6.07) is 5.65. The summed E-state index contributed by atoms with van der Waals surface area (Å²) >= 11 is 0. The van der Waals surface area contributed by atoms with Gasteiger partial charge in [0.2, 0.25) is 0 Å². The first-order valence-corrected chi connectivity index (χ1v) is 7.81. The Morgan fingerprint density at radius 2 is 2.00 bits per heavy atom. The van der Waals surface area contributed by atoms with Crippen LogP contribution in [0.1, 0.15) is 44.0 Å². The fourth-order valence-electron chi connectivity index (χ4n) is 3.74. The first kappa shape index (κ1) is 13.8. The average Bonchev–Trinajstić information content (AvgIpc) is 2.78. The molecule has 3 rings (SSSR count). The van der Waals surface area contributed by atoms with Crippen molar-refractivity contribution in [3.05, 3.63) is 23.5 Å². The Labute approximate surface area is 121 Å². The molecular formula is C16H25N3O. The van der Waals surface area contributed by atoms with E-state index in [-0.39, 0.29) is 0 Å². The van der Waals surface area contributed by atoms with Crippen LogP contribution in [0.15, 0.2) is 12.1 Å². The lowest BCUT2D eigenvalue weighted by Crippen LogP contribution is -2.48. The normalized spacial score (nSPS) is 29.1. The molecule has 0 spiro atoms. The van der Waals surface area contributed by atoms with Crippen LogP contribution in [0.25, 0.3) is 0 Å². The van der Waals surface area contributed by atoms with Gasteiger partial charge in [0, 0.05) is 30.4 Å². The SMILES string of the molecule is CCN(Cc1nc(C)ccc1O)C1CC2CCC(C1)N2. The molecule has 2 aliphatic heterocycles. The van der Waals surface area contributed by atoms with E-state index in [4.69, 9.17) is 0 Å². The first-order chi connectivity index (χ1) is 9.65. The summed E-state index contributed by atoms with van der Waals surface area (Å²) < 4.78 is 0. The molecule has 2 N–H and O–H groups in total. The van der Waals surface area contributed by atoms with E-state index in [1.54, 1.807) is 6.07 Å². The average molecular weight is 275 g/mol. The lowest BCUT2D eigenvalue weighted by molar-refractivity contribution is 0.138. The van der Waals surface area contributed by atoms with Gasteiger partial charge in [-0.3, -0.25) is 9.88 Å². The van der Waals surface area contributed by atoms with Crippen LogP contribution in [-0.2, 0) is 6.54 Å². The Kier molecular flexibility index (Phi) is 3.94. The second-order valence-electron chi connectivity index (χ2n) is 6.24. The second-order valence-corrected chi connectivity index (χ2v) is 6.24. The Morgan fingerprint density at radius 3 is 2.65 bits per heavy atom. The van der Waals surface area contributed by atoms with E-state index < -0.39 is 0 Å². The molecule has 2 unspecified atom stereocenters. The molecule has 0 radical (unpaired) electrons. The molecule has 1 aromatic heterocycles. The van der Waals surface area contributed by atoms with Gasteiger partial charge in [-0.25, -0.2) is 0 Å². The zero-order chi connectivity index (χ0) is 14.1. The summed E-state index contributed by atoms with van der Waals surface area (Å²) in [6.07, 6.45) is 5.12. The van der Waals surface area contributed by atoms with Gasteiger partial charge < -0.3 is 10.4 Å². The maximum atomic E-state index is 9.99. The van der Waals surface area contributed by atoms with Gasteiger partial charge in [-0.1, -0.05) is 6.92 Å². The quantitative estimate of drug-likeness (QED) is 0.884. The number of rotatable bonds is 4. The van der Waals surface area contributed by atoms with E-state index in [0.29, 0.717) is 23.9 Å². The number of aromatic hydroxyl groups is 1. The number of piperidine rings is 1. The van der Waals surface area contributed by atoms with Crippen LogP contribution in [0.3, 0.4) is 0 Å². The van der Waals surface area contributed by atoms with Crippen LogP contribution in [0, 0.1) is 6.92 Å². The molecular weight excluding hydrogens is 250 g/mol. The number of nitrogens with one attached hydrogen (secondary N) is 1. The number of hydrogen-bond donors (Lipinski definition) is 2. The summed E-state index contributed by atoms with van der Waals surface area (Å²) in [5.74, 6) is 0.325. The van der Waals surface area contributed by atoms with Gasteiger partial charge in [0.15, 0.2) is 0 Å². The highest BCUT2D eigenvalue weighted by atomic mass is 16.3. The third kappa shape index (κ3) is 2.81. The molecule has 0 saturated carbocycles. The summed E-state index contributed by atoms with van der Waals surface area (Å²) in [6.45, 7) is 5.95. The maximum Gasteiger partial charge on any atom is 0.138 e. The van der Waals surface area contributed by atoms with Crippen LogP contribution in [0.2, 0.25) is 0 Å². The molecule has 2 bridgehead atoms. The number of pyridine rings is 1. The summed E-state index contributed by atoms with van der Waals surface area (Å²) in [4.78, 5) is 6.98. The monoisotopic (exact) mass is 275 g/mol. The van der Waals surface area contributed by atoms with Crippen molar-refractivity contribution in [3.63, 3.8) is 0 Å². The van der Waals surface area contributed by atoms with E-state index in [1.165, 1.54) is 25.7 Å². The molecule has 20 heavy (non-hydrogen) atoms. The minimum atomic E-state index is 0.325. The standard InChI is InChI=1S/C16H25N3O/c1-3-19(10-15-16(20)7-4-11(2)17-15)14-8-12-5-6-13(9-14)18-12/h4,7,12-14,18,20H,3,5-6,8-10H2,1-2H3. The van der Waals surface area contributed by atoms with E-state index >= 15 is 0 Å². The van der Waals surface area contributed by atoms with Crippen LogP contribution in [-0.4, -0.2) is 39.7 Å². The first-order valence-electron chi connectivity index (χ1n) is 7.81. The Morgan fingerprint density at radius 1 is 1.30 bits per heavy atom. The zero-order valence-corrected chi connectivity index (χ0v) is 12.5. The second kappa shape index (κ2) is 5.70. The molecule has 2 aliphatic rings. The predicted octanol–water partition coefficient (Wildman–Crippen LogP) is 2.20. The Hall–Kier alpha value is -1.13. The molecule has 4 heteroatoms. The van der Waals surface area contributed by atoms with E-state index in [9.17, 15) is 5.11 Å². The van der Waals surface area contributed by atoms with Gasteiger partial charge in [-0.05, 0) is 51.3 Å². The van der Waals surface area contributed by atoms with E-state index in [2.05, 4.69) is 22.1 Å². The molecule has 110 valence electrons. The number of fused-ring (bicyclic) bond motifs is 2. The Balaban J connectivity index is 1.72. The highest BCUT2D eigenvalue weighted by Gasteiger charge is 2.35. The van der Waals surface area contributed by atoms with Gasteiger partial charge in [0.05, 0.1) is 5.69 Å². The molecule has 1 aromatic rings. The molecule has 2 saturated heterocycles. The van der Waals surface area contributed by atoms with Crippen molar-refractivity contribution in [3.8, 4) is 5.75 Å². The minimum Gasteiger partial charge on any atom is -0.506 e. The van der Waals surface area contributed by atoms with Crippen molar-refractivity contribution in [2.75, 3.05) is 6.54 Å². The van der Waals surface area contributed by atoms with Crippen LogP contribution < -0.4 is 5.32 Å². The van der Waals surface area contributed by atoms with Crippen LogP contribution in [0.5, 0.6) is 5.75 Å². The van der Waals surface area contributed by atoms with Crippen LogP contribution >= 0.6 is 0 Å². The highest BCUT2D eigenvalue weighted by Crippen LogP contribution is 2.31. The van der Waals surface area contributed by atoms with Crippen molar-refractivity contribution in [1.82, 2.24) is 15.2 Å². The van der Waals surface area contributed by atoms with Gasteiger partial charge in [0.25, 0.3) is 0 Å². The van der Waals surface area contributed by atoms with E-state index in [1.807, 2.05) is 13.0 Å². The number of aryl methyl sites for hydroxylation is 1. The lowest BCUT2D eigenvalue weighted by atomic mass is 9.98. The van der Waals surface area contributed by atoms with Crippen LogP contribution in [0.4, 0.5) is 0 Å². The molecule has 0 amide bonds. The minimum absolute atomic E-state index is 0.325. The number of hydrogen-bond acceptors (Lipinski definition) is 4. The largest absolute Gasteiger partial charge is 0.506 e. The lowest BCUT2D eigenvalue weighted by Gasteiger charge is -2.37. The molecule has 0 aliphatic carbocycles. The zero-order valence-electron chi connectivity index (χ0n) is 12.5. The number of nitrogens with zero attached hydrogens (tertiary/aromatic N) is 2.